The number of rotatable bonds is 3. The van der Waals surface area contributed by atoms with Gasteiger partial charge in [0.1, 0.15) is 0 Å². The first-order valence-electron chi connectivity index (χ1n) is 6.32. The summed E-state index contributed by atoms with van der Waals surface area (Å²) in [5.74, 6) is -0.610. The van der Waals surface area contributed by atoms with E-state index in [0.29, 0.717) is 5.56 Å². The van der Waals surface area contributed by atoms with Gasteiger partial charge >= 0.3 is 11.7 Å². The fraction of sp³-hybridized carbons (Fsp3) is 0.467. The molecule has 0 heterocycles. The van der Waals surface area contributed by atoms with Gasteiger partial charge in [-0.3, -0.25) is 0 Å². The maximum Gasteiger partial charge on any atom is 0.422 e. The molecule has 0 aliphatic carbocycles. The molecule has 0 saturated heterocycles. The van der Waals surface area contributed by atoms with E-state index in [-0.39, 0.29) is 17.7 Å². The Hall–Kier alpha value is -1.93. The van der Waals surface area contributed by atoms with E-state index in [1.54, 1.807) is 6.92 Å². The van der Waals surface area contributed by atoms with Crippen LogP contribution in [-0.2, 0) is 14.9 Å². The Labute approximate surface area is 114 Å². The van der Waals surface area contributed by atoms with Gasteiger partial charge in [0.15, 0.2) is 0 Å². The normalized spacial score (nSPS) is 10.8. The molecule has 4 heteroatoms. The average molecular weight is 260 g/mol. The Morgan fingerprint density at radius 2 is 2.00 bits per heavy atom. The smallest absolute Gasteiger partial charge is 0.422 e. The van der Waals surface area contributed by atoms with Crippen molar-refractivity contribution in [2.75, 3.05) is 6.61 Å². The monoisotopic (exact) mass is 260 g/mol. The molecule has 0 aliphatic rings. The van der Waals surface area contributed by atoms with E-state index < -0.39 is 5.97 Å². The first-order chi connectivity index (χ1) is 8.81. The second-order valence-electron chi connectivity index (χ2n) is 5.47. The van der Waals surface area contributed by atoms with Crippen LogP contribution < -0.4 is 0 Å². The predicted octanol–water partition coefficient (Wildman–Crippen LogP) is 2.87. The van der Waals surface area contributed by atoms with Gasteiger partial charge in [-0.15, -0.1) is 0 Å². The lowest BCUT2D eigenvalue weighted by Crippen LogP contribution is -2.25. The summed E-state index contributed by atoms with van der Waals surface area (Å²) in [6.07, 6.45) is 0. The largest absolute Gasteiger partial charge is 0.457 e. The summed E-state index contributed by atoms with van der Waals surface area (Å²) in [4.78, 5) is 15.0. The standard InChI is InChI=1S/C15H20N2O2/c1-6-19-14(18)13(17-16)11-9-10(2)7-8-12(11)15(3,4)5/h7-9H,6H2,1-5H3. The van der Waals surface area contributed by atoms with Crippen LogP contribution in [-0.4, -0.2) is 23.1 Å². The second kappa shape index (κ2) is 5.81. The molecule has 0 amide bonds. The van der Waals surface area contributed by atoms with Gasteiger partial charge in [-0.2, -0.15) is 4.79 Å². The van der Waals surface area contributed by atoms with Gasteiger partial charge in [-0.25, -0.2) is 4.79 Å². The number of carbonyl (C=O) groups is 1. The first-order valence-corrected chi connectivity index (χ1v) is 6.32. The molecule has 0 spiro atoms. The summed E-state index contributed by atoms with van der Waals surface area (Å²) in [6.45, 7) is 10.0. The van der Waals surface area contributed by atoms with E-state index in [9.17, 15) is 4.79 Å². The van der Waals surface area contributed by atoms with Gasteiger partial charge in [0, 0.05) is 0 Å². The van der Waals surface area contributed by atoms with Crippen molar-refractivity contribution >= 4 is 11.7 Å². The van der Waals surface area contributed by atoms with Crippen molar-refractivity contribution in [3.8, 4) is 0 Å². The Kier molecular flexibility index (Phi) is 4.62. The lowest BCUT2D eigenvalue weighted by atomic mass is 9.82. The molecule has 1 aromatic carbocycles. The van der Waals surface area contributed by atoms with Crippen molar-refractivity contribution in [2.24, 2.45) is 0 Å². The molecule has 0 N–H and O–H groups in total. The predicted molar refractivity (Wildman–Crippen MR) is 74.2 cm³/mol. The molecule has 19 heavy (non-hydrogen) atoms. The third kappa shape index (κ3) is 3.52. The van der Waals surface area contributed by atoms with Crippen LogP contribution in [0.15, 0.2) is 18.2 Å². The van der Waals surface area contributed by atoms with Crippen LogP contribution in [0.3, 0.4) is 0 Å². The van der Waals surface area contributed by atoms with Gasteiger partial charge in [0.05, 0.1) is 12.2 Å². The highest BCUT2D eigenvalue weighted by molar-refractivity contribution is 6.41. The fourth-order valence-corrected chi connectivity index (χ4v) is 1.91. The fourth-order valence-electron chi connectivity index (χ4n) is 1.91. The van der Waals surface area contributed by atoms with E-state index in [0.717, 1.165) is 11.1 Å². The molecule has 0 fully saturated rings. The lowest BCUT2D eigenvalue weighted by Gasteiger charge is -2.21. The van der Waals surface area contributed by atoms with Crippen molar-refractivity contribution in [1.29, 1.82) is 0 Å². The molecule has 0 atom stereocenters. The maximum atomic E-state index is 11.9. The minimum atomic E-state index is -0.610. The number of hydrogen-bond acceptors (Lipinski definition) is 2. The minimum absolute atomic E-state index is 0.0459. The molecule has 0 saturated carbocycles. The summed E-state index contributed by atoms with van der Waals surface area (Å²) in [6, 6.07) is 5.77. The molecule has 0 radical (unpaired) electrons. The number of hydrogen-bond donors (Lipinski definition) is 0. The number of nitrogens with zero attached hydrogens (tertiary/aromatic N) is 2. The molecule has 0 aliphatic heterocycles. The average Bonchev–Trinajstić information content (AvgIpc) is 2.28. The molecular weight excluding hydrogens is 240 g/mol. The van der Waals surface area contributed by atoms with E-state index in [2.05, 4.69) is 4.79 Å². The van der Waals surface area contributed by atoms with Gasteiger partial charge in [-0.05, 0) is 30.9 Å². The molecule has 1 rings (SSSR count). The van der Waals surface area contributed by atoms with Crippen molar-refractivity contribution in [3.05, 3.63) is 40.4 Å². The quantitative estimate of drug-likeness (QED) is 0.363. The van der Waals surface area contributed by atoms with Gasteiger partial charge in [0.2, 0.25) is 0 Å². The van der Waals surface area contributed by atoms with Crippen molar-refractivity contribution in [3.63, 3.8) is 0 Å². The first kappa shape index (κ1) is 15.1. The van der Waals surface area contributed by atoms with Crippen LogP contribution in [0, 0.1) is 6.92 Å². The number of carbonyl (C=O) groups excluding carboxylic acids is 1. The highest BCUT2D eigenvalue weighted by atomic mass is 16.5. The third-order valence-corrected chi connectivity index (χ3v) is 2.81. The number of esters is 1. The van der Waals surface area contributed by atoms with Crippen LogP contribution in [0.25, 0.3) is 5.53 Å². The molecule has 0 bridgehead atoms. The van der Waals surface area contributed by atoms with Crippen LogP contribution in [0.4, 0.5) is 0 Å². The second-order valence-corrected chi connectivity index (χ2v) is 5.47. The van der Waals surface area contributed by atoms with Crippen LogP contribution >= 0.6 is 0 Å². The lowest BCUT2D eigenvalue weighted by molar-refractivity contribution is -0.139. The minimum Gasteiger partial charge on any atom is -0.457 e. The zero-order valence-electron chi connectivity index (χ0n) is 12.2. The Balaban J connectivity index is 3.43. The van der Waals surface area contributed by atoms with Crippen LogP contribution in [0.5, 0.6) is 0 Å². The highest BCUT2D eigenvalue weighted by Gasteiger charge is 2.30. The summed E-state index contributed by atoms with van der Waals surface area (Å²) in [5, 5.41) is 0. The number of ether oxygens (including phenoxy) is 1. The Morgan fingerprint density at radius 3 is 2.47 bits per heavy atom. The highest BCUT2D eigenvalue weighted by Crippen LogP contribution is 2.27. The number of aryl methyl sites for hydroxylation is 1. The van der Waals surface area contributed by atoms with Gasteiger partial charge in [-0.1, -0.05) is 38.5 Å². The molecular formula is C15H20N2O2. The van der Waals surface area contributed by atoms with E-state index in [4.69, 9.17) is 10.3 Å². The van der Waals surface area contributed by atoms with Crippen molar-refractivity contribution in [1.82, 2.24) is 0 Å². The van der Waals surface area contributed by atoms with Crippen molar-refractivity contribution < 1.29 is 14.3 Å². The number of benzene rings is 1. The molecule has 1 aromatic rings. The zero-order valence-corrected chi connectivity index (χ0v) is 12.2. The van der Waals surface area contributed by atoms with E-state index in [1.165, 1.54) is 0 Å². The van der Waals surface area contributed by atoms with Crippen LogP contribution in [0.2, 0.25) is 0 Å². The summed E-state index contributed by atoms with van der Waals surface area (Å²) in [5.41, 5.74) is 11.5. The summed E-state index contributed by atoms with van der Waals surface area (Å²) >= 11 is 0. The third-order valence-electron chi connectivity index (χ3n) is 2.81. The summed E-state index contributed by atoms with van der Waals surface area (Å²) in [7, 11) is 0. The maximum absolute atomic E-state index is 11.9. The van der Waals surface area contributed by atoms with E-state index in [1.807, 2.05) is 45.9 Å². The van der Waals surface area contributed by atoms with Gasteiger partial charge < -0.3 is 10.3 Å². The Bertz CT molecular complexity index is 536. The van der Waals surface area contributed by atoms with Gasteiger partial charge in [0.25, 0.3) is 0 Å². The zero-order chi connectivity index (χ0) is 14.6. The molecule has 102 valence electrons. The molecule has 0 aromatic heterocycles. The molecule has 4 nitrogen and oxygen atoms in total. The topological polar surface area (TPSA) is 62.7 Å². The molecule has 0 unspecified atom stereocenters. The van der Waals surface area contributed by atoms with Crippen molar-refractivity contribution in [2.45, 2.75) is 40.0 Å². The van der Waals surface area contributed by atoms with E-state index >= 15 is 0 Å². The Morgan fingerprint density at radius 1 is 1.37 bits per heavy atom. The summed E-state index contributed by atoms with van der Waals surface area (Å²) < 4.78 is 4.93. The SMILES string of the molecule is CCOC(=O)C(=[N+]=[N-])c1cc(C)ccc1C(C)(C)C. The van der Waals surface area contributed by atoms with Crippen LogP contribution in [0.1, 0.15) is 44.4 Å².